The SMILES string of the molecule is Cc1c(-c2cc(OCC(C)(O)c3ccc(F)cn3)c3c(Cl)cnn3c2)nnn1C1CCNCC1.Cl. The lowest BCUT2D eigenvalue weighted by atomic mass is 10.0. The van der Waals surface area contributed by atoms with Gasteiger partial charge in [0.1, 0.15) is 35.0 Å². The van der Waals surface area contributed by atoms with Crippen molar-refractivity contribution >= 4 is 29.5 Å². The smallest absolute Gasteiger partial charge is 0.147 e. The van der Waals surface area contributed by atoms with Gasteiger partial charge in [0, 0.05) is 11.8 Å². The van der Waals surface area contributed by atoms with Crippen LogP contribution in [0.1, 0.15) is 37.2 Å². The third-order valence-electron chi connectivity index (χ3n) is 6.18. The molecule has 12 heteroatoms. The van der Waals surface area contributed by atoms with Gasteiger partial charge in [-0.05, 0) is 58.0 Å². The van der Waals surface area contributed by atoms with E-state index in [4.69, 9.17) is 16.3 Å². The van der Waals surface area contributed by atoms with Crippen LogP contribution in [0.15, 0.2) is 36.8 Å². The highest BCUT2D eigenvalue weighted by atomic mass is 35.5. The van der Waals surface area contributed by atoms with Gasteiger partial charge in [0.2, 0.25) is 0 Å². The van der Waals surface area contributed by atoms with Gasteiger partial charge < -0.3 is 15.2 Å². The fourth-order valence-corrected chi connectivity index (χ4v) is 4.50. The average Bonchev–Trinajstić information content (AvgIpc) is 3.41. The Kier molecular flexibility index (Phi) is 7.27. The van der Waals surface area contributed by atoms with Gasteiger partial charge in [0.15, 0.2) is 0 Å². The van der Waals surface area contributed by atoms with E-state index in [0.717, 1.165) is 49.1 Å². The predicted octanol–water partition coefficient (Wildman–Crippen LogP) is 3.72. The zero-order valence-corrected chi connectivity index (χ0v) is 20.9. The molecule has 35 heavy (non-hydrogen) atoms. The number of halogens is 3. The van der Waals surface area contributed by atoms with Crippen molar-refractivity contribution < 1.29 is 14.2 Å². The molecule has 0 radical (unpaired) electrons. The van der Waals surface area contributed by atoms with E-state index in [9.17, 15) is 9.50 Å². The van der Waals surface area contributed by atoms with Crippen molar-refractivity contribution in [2.45, 2.75) is 38.3 Å². The highest BCUT2D eigenvalue weighted by Gasteiger charge is 2.27. The molecule has 1 unspecified atom stereocenters. The van der Waals surface area contributed by atoms with Gasteiger partial charge in [-0.2, -0.15) is 5.10 Å². The van der Waals surface area contributed by atoms with E-state index in [1.807, 2.05) is 23.9 Å². The van der Waals surface area contributed by atoms with Crippen molar-refractivity contribution in [3.8, 4) is 17.0 Å². The van der Waals surface area contributed by atoms with Crippen LogP contribution in [0.4, 0.5) is 4.39 Å². The van der Waals surface area contributed by atoms with Gasteiger partial charge in [-0.3, -0.25) is 4.98 Å². The number of hydrogen-bond acceptors (Lipinski definition) is 7. The quantitative estimate of drug-likeness (QED) is 0.398. The van der Waals surface area contributed by atoms with E-state index >= 15 is 0 Å². The lowest BCUT2D eigenvalue weighted by molar-refractivity contribution is 0.00420. The number of hydrogen-bond donors (Lipinski definition) is 2. The molecule has 0 saturated carbocycles. The van der Waals surface area contributed by atoms with Crippen LogP contribution in [0.2, 0.25) is 5.02 Å². The minimum absolute atomic E-state index is 0. The van der Waals surface area contributed by atoms with Crippen LogP contribution < -0.4 is 10.1 Å². The van der Waals surface area contributed by atoms with Gasteiger partial charge in [0.05, 0.1) is 34.8 Å². The Morgan fingerprint density at radius 3 is 2.77 bits per heavy atom. The number of nitrogens with zero attached hydrogens (tertiary/aromatic N) is 6. The molecule has 1 aliphatic rings. The molecule has 1 fully saturated rings. The molecule has 0 aromatic carbocycles. The summed E-state index contributed by atoms with van der Waals surface area (Å²) in [5.41, 5.74) is 1.85. The summed E-state index contributed by atoms with van der Waals surface area (Å²) in [4.78, 5) is 3.98. The molecule has 0 aliphatic carbocycles. The number of aromatic nitrogens is 6. The molecule has 2 N–H and O–H groups in total. The molecule has 0 spiro atoms. The highest BCUT2D eigenvalue weighted by Crippen LogP contribution is 2.34. The Balaban J connectivity index is 0.00000289. The Hall–Kier alpha value is -2.79. The summed E-state index contributed by atoms with van der Waals surface area (Å²) in [5, 5.41) is 27.9. The van der Waals surface area contributed by atoms with Crippen LogP contribution in [0.25, 0.3) is 16.8 Å². The maximum atomic E-state index is 13.3. The number of piperidine rings is 1. The van der Waals surface area contributed by atoms with Crippen molar-refractivity contribution in [3.63, 3.8) is 0 Å². The third kappa shape index (κ3) is 4.97. The summed E-state index contributed by atoms with van der Waals surface area (Å²) >= 11 is 6.38. The first-order valence-electron chi connectivity index (χ1n) is 11.1. The van der Waals surface area contributed by atoms with Crippen LogP contribution in [-0.2, 0) is 5.60 Å². The molecule has 0 bridgehead atoms. The molecule has 5 rings (SSSR count). The summed E-state index contributed by atoms with van der Waals surface area (Å²) in [6.07, 6.45) is 6.42. The van der Waals surface area contributed by atoms with E-state index in [2.05, 4.69) is 25.7 Å². The van der Waals surface area contributed by atoms with Gasteiger partial charge in [-0.1, -0.05) is 16.8 Å². The van der Waals surface area contributed by atoms with Crippen molar-refractivity contribution in [3.05, 3.63) is 59.0 Å². The van der Waals surface area contributed by atoms with Crippen LogP contribution in [-0.4, -0.2) is 54.4 Å². The number of pyridine rings is 2. The molecule has 0 amide bonds. The Morgan fingerprint density at radius 1 is 1.29 bits per heavy atom. The summed E-state index contributed by atoms with van der Waals surface area (Å²) < 4.78 is 22.9. The van der Waals surface area contributed by atoms with Gasteiger partial charge >= 0.3 is 0 Å². The average molecular weight is 522 g/mol. The molecular weight excluding hydrogens is 496 g/mol. The minimum atomic E-state index is -1.46. The summed E-state index contributed by atoms with van der Waals surface area (Å²) in [7, 11) is 0. The zero-order chi connectivity index (χ0) is 23.9. The summed E-state index contributed by atoms with van der Waals surface area (Å²) in [5.74, 6) is -0.0490. The van der Waals surface area contributed by atoms with Crippen LogP contribution in [0.3, 0.4) is 0 Å². The molecule has 1 aliphatic heterocycles. The topological polar surface area (TPSA) is 102 Å². The van der Waals surface area contributed by atoms with Crippen LogP contribution in [0.5, 0.6) is 5.75 Å². The fourth-order valence-electron chi connectivity index (χ4n) is 4.28. The second-order valence-corrected chi connectivity index (χ2v) is 9.16. The van der Waals surface area contributed by atoms with E-state index in [1.165, 1.54) is 18.3 Å². The Morgan fingerprint density at radius 2 is 2.06 bits per heavy atom. The van der Waals surface area contributed by atoms with Gasteiger partial charge in [-0.25, -0.2) is 13.6 Å². The van der Waals surface area contributed by atoms with Gasteiger partial charge in [0.25, 0.3) is 0 Å². The standard InChI is InChI=1S/C23H25ClFN7O2.ClH/c1-14-21(29-30-32(14)17-5-7-26-8-6-17)15-9-19(22-18(24)11-28-31(22)12-15)34-13-23(2,33)20-4-3-16(25)10-27-20;/h3-4,9-12,17,26,33H,5-8,13H2,1-2H3;1H. The first-order valence-corrected chi connectivity index (χ1v) is 11.5. The molecule has 4 aromatic heterocycles. The van der Waals surface area contributed by atoms with Crippen molar-refractivity contribution in [2.24, 2.45) is 0 Å². The zero-order valence-electron chi connectivity index (χ0n) is 19.3. The predicted molar refractivity (Wildman–Crippen MR) is 132 cm³/mol. The van der Waals surface area contributed by atoms with E-state index in [0.29, 0.717) is 28.0 Å². The molecule has 186 valence electrons. The maximum absolute atomic E-state index is 13.3. The van der Waals surface area contributed by atoms with Crippen molar-refractivity contribution in [1.29, 1.82) is 0 Å². The molecule has 4 aromatic rings. The molecule has 1 saturated heterocycles. The second kappa shape index (κ2) is 10.1. The summed E-state index contributed by atoms with van der Waals surface area (Å²) in [6, 6.07) is 4.80. The highest BCUT2D eigenvalue weighted by molar-refractivity contribution is 6.34. The maximum Gasteiger partial charge on any atom is 0.147 e. The Labute approximate surface area is 212 Å². The Bertz CT molecular complexity index is 1320. The van der Waals surface area contributed by atoms with E-state index < -0.39 is 11.4 Å². The third-order valence-corrected chi connectivity index (χ3v) is 6.45. The number of fused-ring (bicyclic) bond motifs is 1. The number of aliphatic hydroxyl groups is 1. The van der Waals surface area contributed by atoms with E-state index in [1.54, 1.807) is 11.4 Å². The van der Waals surface area contributed by atoms with Crippen molar-refractivity contribution in [2.75, 3.05) is 19.7 Å². The number of ether oxygens (including phenoxy) is 1. The first-order chi connectivity index (χ1) is 16.3. The first kappa shape index (κ1) is 25.3. The lowest BCUT2D eigenvalue weighted by Gasteiger charge is -2.24. The van der Waals surface area contributed by atoms with Gasteiger partial charge in [-0.15, -0.1) is 17.5 Å². The molecule has 1 atom stereocenters. The monoisotopic (exact) mass is 521 g/mol. The largest absolute Gasteiger partial charge is 0.488 e. The number of nitrogens with one attached hydrogen (secondary N) is 1. The lowest BCUT2D eigenvalue weighted by Crippen LogP contribution is -2.30. The normalized spacial score (nSPS) is 16.1. The number of rotatable bonds is 6. The molecular formula is C23H26Cl2FN7O2. The fraction of sp³-hybridized carbons (Fsp3) is 0.391. The molecule has 5 heterocycles. The minimum Gasteiger partial charge on any atom is -0.488 e. The van der Waals surface area contributed by atoms with Crippen LogP contribution in [0, 0.1) is 12.7 Å². The second-order valence-electron chi connectivity index (χ2n) is 8.75. The van der Waals surface area contributed by atoms with Crippen molar-refractivity contribution in [1.82, 2.24) is 34.9 Å². The van der Waals surface area contributed by atoms with Crippen LogP contribution >= 0.6 is 24.0 Å². The summed E-state index contributed by atoms with van der Waals surface area (Å²) in [6.45, 7) is 5.34. The van der Waals surface area contributed by atoms with E-state index in [-0.39, 0.29) is 19.0 Å². The molecule has 9 nitrogen and oxygen atoms in total.